The molecule has 0 bridgehead atoms. The van der Waals surface area contributed by atoms with Crippen LogP contribution in [-0.2, 0) is 0 Å². The van der Waals surface area contributed by atoms with Crippen molar-refractivity contribution in [1.29, 1.82) is 0 Å². The number of rotatable bonds is 7. The van der Waals surface area contributed by atoms with E-state index in [2.05, 4.69) is 12.7 Å². The van der Waals surface area contributed by atoms with E-state index in [1.54, 1.807) is 0 Å². The molecule has 0 atom stereocenters. The van der Waals surface area contributed by atoms with Gasteiger partial charge in [0.1, 0.15) is 0 Å². The van der Waals surface area contributed by atoms with Gasteiger partial charge in [0.2, 0.25) is 0 Å². The van der Waals surface area contributed by atoms with Gasteiger partial charge >= 0.3 is 0 Å². The predicted molar refractivity (Wildman–Crippen MR) is 66.5 cm³/mol. The fourth-order valence-electron chi connectivity index (χ4n) is 1.07. The molecule has 0 saturated carbocycles. The van der Waals surface area contributed by atoms with Gasteiger partial charge in [-0.25, -0.2) is 0 Å². The quantitative estimate of drug-likeness (QED) is 0.626. The molecule has 0 heterocycles. The summed E-state index contributed by atoms with van der Waals surface area (Å²) >= 11 is 0. The van der Waals surface area contributed by atoms with Crippen LogP contribution in [0.3, 0.4) is 0 Å². The topological polar surface area (TPSA) is 46.2 Å². The molecule has 0 saturated heterocycles. The first-order valence-corrected chi connectivity index (χ1v) is 6.10. The third-order valence-electron chi connectivity index (χ3n) is 1.76. The van der Waals surface area contributed by atoms with Gasteiger partial charge in [0.15, 0.2) is 0 Å². The average molecular weight is 205 g/mol. The largest absolute Gasteiger partial charge is 0.396 e. The Hall–Kier alpha value is -0.0800. The molecule has 0 radical (unpaired) electrons. The smallest absolute Gasteiger partial charge is 0.0431 e. The van der Waals surface area contributed by atoms with Crippen LogP contribution in [0, 0.1) is 0 Å². The van der Waals surface area contributed by atoms with Gasteiger partial charge in [0, 0.05) is 6.61 Å². The van der Waals surface area contributed by atoms with E-state index < -0.39 is 0 Å². The van der Waals surface area contributed by atoms with E-state index in [4.69, 9.17) is 5.11 Å². The molecule has 0 aromatic rings. The maximum atomic E-state index is 8.47. The Morgan fingerprint density at radius 2 is 1.14 bits per heavy atom. The minimum atomic E-state index is 0.369. The lowest BCUT2D eigenvalue weighted by atomic mass is 10.1. The van der Waals surface area contributed by atoms with Crippen LogP contribution in [0.1, 0.15) is 65.7 Å². The number of unbranched alkanes of at least 4 members (excludes halogenated alkanes) is 6. The number of hydrogen-bond donors (Lipinski definition) is 2. The molecule has 2 heteroatoms. The molecule has 0 aliphatic rings. The lowest BCUT2D eigenvalue weighted by Gasteiger charge is -1.97. The molecule has 0 aromatic carbocycles. The van der Waals surface area contributed by atoms with Crippen LogP contribution >= 0.6 is 0 Å². The fourth-order valence-corrected chi connectivity index (χ4v) is 1.07. The van der Waals surface area contributed by atoms with Gasteiger partial charge in [-0.05, 0) is 13.5 Å². The average Bonchev–Trinajstić information content (AvgIpc) is 2.29. The van der Waals surface area contributed by atoms with Crippen LogP contribution in [0.15, 0.2) is 0 Å². The zero-order chi connectivity index (χ0) is 11.7. The number of aliphatic hydroxyl groups is 1. The summed E-state index contributed by atoms with van der Waals surface area (Å²) in [4.78, 5) is 0. The van der Waals surface area contributed by atoms with Crippen molar-refractivity contribution in [2.24, 2.45) is 5.73 Å². The lowest BCUT2D eigenvalue weighted by molar-refractivity contribution is 0.282. The van der Waals surface area contributed by atoms with Crippen LogP contribution in [0.4, 0.5) is 0 Å². The van der Waals surface area contributed by atoms with E-state index in [0.29, 0.717) is 6.61 Å². The summed E-state index contributed by atoms with van der Waals surface area (Å²) in [7, 11) is 1.50. The number of nitrogens with two attached hydrogens (primary N) is 1. The Labute approximate surface area is 90.9 Å². The second-order valence-corrected chi connectivity index (χ2v) is 2.84. The Bertz CT molecular complexity index is 50.3. The highest BCUT2D eigenvalue weighted by Gasteiger charge is 1.88. The number of aliphatic hydroxyl groups excluding tert-OH is 1. The molecule has 0 aromatic heterocycles. The maximum Gasteiger partial charge on any atom is 0.0431 e. The van der Waals surface area contributed by atoms with Crippen molar-refractivity contribution in [3.63, 3.8) is 0 Å². The van der Waals surface area contributed by atoms with E-state index >= 15 is 0 Å². The highest BCUT2D eigenvalue weighted by atomic mass is 16.2. The summed E-state index contributed by atoms with van der Waals surface area (Å²) in [6.45, 7) is 6.60. The van der Waals surface area contributed by atoms with Crippen molar-refractivity contribution in [1.82, 2.24) is 0 Å². The summed E-state index contributed by atoms with van der Waals surface area (Å²) in [6.07, 6.45) is 8.93. The minimum Gasteiger partial charge on any atom is -0.396 e. The first-order valence-electron chi connectivity index (χ1n) is 6.10. The van der Waals surface area contributed by atoms with Crippen molar-refractivity contribution >= 4 is 0 Å². The Balaban J connectivity index is -0.000000266. The van der Waals surface area contributed by atoms with E-state index in [1.165, 1.54) is 45.6 Å². The second kappa shape index (κ2) is 29.3. The van der Waals surface area contributed by atoms with E-state index in [1.807, 2.05) is 13.8 Å². The summed E-state index contributed by atoms with van der Waals surface area (Å²) in [6, 6.07) is 0. The van der Waals surface area contributed by atoms with Crippen LogP contribution in [0.2, 0.25) is 0 Å². The first-order chi connectivity index (χ1) is 6.91. The SMILES string of the molecule is CC.CCCCCCCCCO.CN. The zero-order valence-electron chi connectivity index (χ0n) is 10.7. The fraction of sp³-hybridized carbons (Fsp3) is 1.00. The normalized spacial score (nSPS) is 8.14. The van der Waals surface area contributed by atoms with Gasteiger partial charge in [-0.2, -0.15) is 0 Å². The standard InChI is InChI=1S/C9H20O.C2H6.CH5N/c1-2-3-4-5-6-7-8-9-10;2*1-2/h10H,2-9H2,1H3;1-2H3;2H2,1H3. The van der Waals surface area contributed by atoms with E-state index in [0.717, 1.165) is 6.42 Å². The van der Waals surface area contributed by atoms with Crippen LogP contribution < -0.4 is 5.73 Å². The van der Waals surface area contributed by atoms with Crippen LogP contribution in [0.25, 0.3) is 0 Å². The van der Waals surface area contributed by atoms with Crippen molar-refractivity contribution < 1.29 is 5.11 Å². The van der Waals surface area contributed by atoms with E-state index in [-0.39, 0.29) is 0 Å². The Kier molecular flexibility index (Phi) is 40.7. The molecule has 90 valence electrons. The first kappa shape index (κ1) is 19.5. The molecule has 0 rings (SSSR count). The van der Waals surface area contributed by atoms with Crippen molar-refractivity contribution in [2.45, 2.75) is 65.7 Å². The Morgan fingerprint density at radius 3 is 1.50 bits per heavy atom. The van der Waals surface area contributed by atoms with Crippen molar-refractivity contribution in [2.75, 3.05) is 13.7 Å². The molecule has 0 amide bonds. The number of hydrogen-bond acceptors (Lipinski definition) is 2. The predicted octanol–water partition coefficient (Wildman–Crippen LogP) is 3.33. The Morgan fingerprint density at radius 1 is 0.786 bits per heavy atom. The molecule has 0 aliphatic heterocycles. The summed E-state index contributed by atoms with van der Waals surface area (Å²) in [5, 5.41) is 8.47. The third-order valence-corrected chi connectivity index (χ3v) is 1.76. The van der Waals surface area contributed by atoms with Gasteiger partial charge in [-0.15, -0.1) is 0 Å². The second-order valence-electron chi connectivity index (χ2n) is 2.84. The minimum absolute atomic E-state index is 0.369. The molecule has 0 aliphatic carbocycles. The molecule has 0 fully saturated rings. The highest BCUT2D eigenvalue weighted by Crippen LogP contribution is 2.05. The summed E-state index contributed by atoms with van der Waals surface area (Å²) in [5.74, 6) is 0. The van der Waals surface area contributed by atoms with Gasteiger partial charge in [0.05, 0.1) is 0 Å². The molecule has 0 spiro atoms. The third kappa shape index (κ3) is 29.7. The summed E-state index contributed by atoms with van der Waals surface area (Å²) < 4.78 is 0. The monoisotopic (exact) mass is 205 g/mol. The van der Waals surface area contributed by atoms with Gasteiger partial charge in [-0.1, -0.05) is 59.3 Å². The van der Waals surface area contributed by atoms with Crippen molar-refractivity contribution in [3.8, 4) is 0 Å². The zero-order valence-corrected chi connectivity index (χ0v) is 10.7. The molecule has 14 heavy (non-hydrogen) atoms. The van der Waals surface area contributed by atoms with Gasteiger partial charge < -0.3 is 10.8 Å². The van der Waals surface area contributed by atoms with Crippen LogP contribution in [-0.4, -0.2) is 18.8 Å². The molecule has 0 unspecified atom stereocenters. The molecule has 3 N–H and O–H groups in total. The summed E-state index contributed by atoms with van der Waals surface area (Å²) in [5.41, 5.74) is 4.50. The van der Waals surface area contributed by atoms with E-state index in [9.17, 15) is 0 Å². The van der Waals surface area contributed by atoms with Gasteiger partial charge in [0.25, 0.3) is 0 Å². The van der Waals surface area contributed by atoms with Crippen LogP contribution in [0.5, 0.6) is 0 Å². The molecule has 2 nitrogen and oxygen atoms in total. The van der Waals surface area contributed by atoms with Gasteiger partial charge in [-0.3, -0.25) is 0 Å². The lowest BCUT2D eigenvalue weighted by Crippen LogP contribution is -1.83. The maximum absolute atomic E-state index is 8.47. The molecular weight excluding hydrogens is 174 g/mol. The molecular formula is C12H31NO. The van der Waals surface area contributed by atoms with Crippen molar-refractivity contribution in [3.05, 3.63) is 0 Å². The highest BCUT2D eigenvalue weighted by molar-refractivity contribution is 4.43.